The fraction of sp³-hybridized carbons (Fsp3) is 0.179. The Labute approximate surface area is 215 Å². The summed E-state index contributed by atoms with van der Waals surface area (Å²) in [5.74, 6) is 1.20. The van der Waals surface area contributed by atoms with Gasteiger partial charge in [-0.2, -0.15) is 0 Å². The summed E-state index contributed by atoms with van der Waals surface area (Å²) < 4.78 is 2.00. The summed E-state index contributed by atoms with van der Waals surface area (Å²) in [7, 11) is 0. The first-order valence-electron chi connectivity index (χ1n) is 11.3. The van der Waals surface area contributed by atoms with Gasteiger partial charge in [0, 0.05) is 16.9 Å². The Morgan fingerprint density at radius 1 is 1.03 bits per heavy atom. The van der Waals surface area contributed by atoms with E-state index in [1.807, 2.05) is 79.1 Å². The molecule has 0 aliphatic carbocycles. The van der Waals surface area contributed by atoms with Gasteiger partial charge in [0.05, 0.1) is 11.7 Å². The van der Waals surface area contributed by atoms with E-state index >= 15 is 0 Å². The van der Waals surface area contributed by atoms with Crippen LogP contribution in [0.1, 0.15) is 41.0 Å². The molecule has 1 aromatic heterocycles. The van der Waals surface area contributed by atoms with E-state index in [-0.39, 0.29) is 11.9 Å². The zero-order valence-electron chi connectivity index (χ0n) is 19.9. The van der Waals surface area contributed by atoms with Crippen LogP contribution in [-0.4, -0.2) is 20.7 Å². The van der Waals surface area contributed by atoms with E-state index in [1.54, 1.807) is 17.8 Å². The maximum Gasteiger partial charge on any atom is 0.244 e. The fourth-order valence-electron chi connectivity index (χ4n) is 3.68. The van der Waals surface area contributed by atoms with Crippen LogP contribution < -0.4 is 5.32 Å². The lowest BCUT2D eigenvalue weighted by atomic mass is 10.1. The molecule has 7 heteroatoms. The third kappa shape index (κ3) is 6.21. The van der Waals surface area contributed by atoms with Crippen molar-refractivity contribution < 1.29 is 4.79 Å². The average molecular weight is 503 g/mol. The number of halogens is 1. The minimum Gasteiger partial charge on any atom is -0.343 e. The lowest BCUT2D eigenvalue weighted by Crippen LogP contribution is -2.27. The number of benzene rings is 3. The van der Waals surface area contributed by atoms with Crippen molar-refractivity contribution in [3.8, 4) is 5.69 Å². The third-order valence-electron chi connectivity index (χ3n) is 5.66. The van der Waals surface area contributed by atoms with E-state index in [9.17, 15) is 4.79 Å². The maximum absolute atomic E-state index is 12.6. The van der Waals surface area contributed by atoms with Crippen molar-refractivity contribution in [2.24, 2.45) is 0 Å². The number of rotatable bonds is 8. The van der Waals surface area contributed by atoms with Gasteiger partial charge in [-0.15, -0.1) is 10.2 Å². The average Bonchev–Trinajstić information content (AvgIpc) is 3.28. The Hall–Kier alpha value is -3.35. The van der Waals surface area contributed by atoms with Crippen LogP contribution in [-0.2, 0) is 10.5 Å². The SMILES string of the molecule is Cc1ccccc1CSc1nnc(C(C)NC(=O)C=Cc2ccccc2)n1-c1cc(Cl)ccc1C. The summed E-state index contributed by atoms with van der Waals surface area (Å²) >= 11 is 7.96. The quantitative estimate of drug-likeness (QED) is 0.214. The highest BCUT2D eigenvalue weighted by Crippen LogP contribution is 2.31. The van der Waals surface area contributed by atoms with Gasteiger partial charge in [0.15, 0.2) is 11.0 Å². The highest BCUT2D eigenvalue weighted by Gasteiger charge is 2.22. The molecule has 0 fully saturated rings. The van der Waals surface area contributed by atoms with Crippen LogP contribution in [0.2, 0.25) is 5.02 Å². The van der Waals surface area contributed by atoms with E-state index in [4.69, 9.17) is 11.6 Å². The Bertz CT molecular complexity index is 1350. The first-order valence-corrected chi connectivity index (χ1v) is 12.7. The lowest BCUT2D eigenvalue weighted by Gasteiger charge is -2.17. The molecular weight excluding hydrogens is 476 g/mol. The second kappa shape index (κ2) is 11.4. The van der Waals surface area contributed by atoms with Crippen molar-refractivity contribution in [2.75, 3.05) is 0 Å². The highest BCUT2D eigenvalue weighted by molar-refractivity contribution is 7.98. The number of carbonyl (C=O) groups is 1. The van der Waals surface area contributed by atoms with Gasteiger partial charge >= 0.3 is 0 Å². The van der Waals surface area contributed by atoms with Crippen LogP contribution in [0.15, 0.2) is 84.0 Å². The first kappa shape index (κ1) is 24.8. The normalized spacial score (nSPS) is 12.1. The van der Waals surface area contributed by atoms with Gasteiger partial charge in [-0.25, -0.2) is 0 Å². The van der Waals surface area contributed by atoms with Gasteiger partial charge in [0.2, 0.25) is 5.91 Å². The van der Waals surface area contributed by atoms with Gasteiger partial charge in [0.25, 0.3) is 0 Å². The zero-order chi connectivity index (χ0) is 24.8. The highest BCUT2D eigenvalue weighted by atomic mass is 35.5. The van der Waals surface area contributed by atoms with Gasteiger partial charge in [-0.05, 0) is 61.2 Å². The topological polar surface area (TPSA) is 59.8 Å². The number of aryl methyl sites for hydroxylation is 2. The standard InChI is InChI=1S/C28H27ClN4OS/c1-19-9-7-8-12-23(19)18-35-28-32-31-27(33(28)25-17-24(29)15-13-20(25)2)21(3)30-26(34)16-14-22-10-5-4-6-11-22/h4-17,21H,18H2,1-3H3,(H,30,34). The van der Waals surface area contributed by atoms with Crippen molar-refractivity contribution in [1.82, 2.24) is 20.1 Å². The summed E-state index contributed by atoms with van der Waals surface area (Å²) in [6.07, 6.45) is 3.32. The van der Waals surface area contributed by atoms with Crippen LogP contribution in [0.5, 0.6) is 0 Å². The molecule has 3 aromatic carbocycles. The maximum atomic E-state index is 12.6. The van der Waals surface area contributed by atoms with Crippen molar-refractivity contribution in [1.29, 1.82) is 0 Å². The zero-order valence-corrected chi connectivity index (χ0v) is 21.5. The molecule has 0 bridgehead atoms. The van der Waals surface area contributed by atoms with E-state index in [0.717, 1.165) is 27.7 Å². The van der Waals surface area contributed by atoms with Crippen LogP contribution in [0, 0.1) is 13.8 Å². The summed E-state index contributed by atoms with van der Waals surface area (Å²) in [4.78, 5) is 12.6. The molecule has 4 aromatic rings. The Balaban J connectivity index is 1.62. The molecule has 4 rings (SSSR count). The number of nitrogens with zero attached hydrogens (tertiary/aromatic N) is 3. The largest absolute Gasteiger partial charge is 0.343 e. The van der Waals surface area contributed by atoms with Crippen LogP contribution >= 0.6 is 23.4 Å². The van der Waals surface area contributed by atoms with Crippen molar-refractivity contribution in [2.45, 2.75) is 37.7 Å². The molecule has 0 saturated heterocycles. The Morgan fingerprint density at radius 2 is 1.77 bits per heavy atom. The van der Waals surface area contributed by atoms with Gasteiger partial charge < -0.3 is 5.32 Å². The number of hydrogen-bond acceptors (Lipinski definition) is 4. The van der Waals surface area contributed by atoms with Gasteiger partial charge in [0.1, 0.15) is 0 Å². The lowest BCUT2D eigenvalue weighted by molar-refractivity contribution is -0.117. The first-order chi connectivity index (χ1) is 16.9. The molecule has 0 aliphatic heterocycles. The van der Waals surface area contributed by atoms with E-state index in [0.29, 0.717) is 10.8 Å². The van der Waals surface area contributed by atoms with Crippen LogP contribution in [0.25, 0.3) is 11.8 Å². The predicted octanol–water partition coefficient (Wildman–Crippen LogP) is 6.72. The van der Waals surface area contributed by atoms with Crippen molar-refractivity contribution in [3.05, 3.63) is 112 Å². The molecule has 0 aliphatic rings. The monoisotopic (exact) mass is 502 g/mol. The minimum atomic E-state index is -0.374. The number of hydrogen-bond donors (Lipinski definition) is 1. The molecule has 1 atom stereocenters. The molecule has 1 unspecified atom stereocenters. The molecule has 0 radical (unpaired) electrons. The molecule has 0 saturated carbocycles. The van der Waals surface area contributed by atoms with E-state index < -0.39 is 0 Å². The van der Waals surface area contributed by atoms with Gasteiger partial charge in [-0.1, -0.05) is 84.0 Å². The number of aromatic nitrogens is 3. The summed E-state index contributed by atoms with van der Waals surface area (Å²) in [5.41, 5.74) is 5.36. The van der Waals surface area contributed by atoms with E-state index in [2.05, 4.69) is 34.6 Å². The predicted molar refractivity (Wildman–Crippen MR) is 144 cm³/mol. The van der Waals surface area contributed by atoms with Crippen molar-refractivity contribution >= 4 is 35.3 Å². The molecule has 0 spiro atoms. The van der Waals surface area contributed by atoms with Crippen LogP contribution in [0.3, 0.4) is 0 Å². The molecule has 5 nitrogen and oxygen atoms in total. The molecule has 1 amide bonds. The number of amides is 1. The second-order valence-corrected chi connectivity index (χ2v) is 9.68. The van der Waals surface area contributed by atoms with Crippen molar-refractivity contribution in [3.63, 3.8) is 0 Å². The molecule has 1 heterocycles. The smallest absolute Gasteiger partial charge is 0.244 e. The molecule has 178 valence electrons. The summed E-state index contributed by atoms with van der Waals surface area (Å²) in [6, 6.07) is 23.4. The minimum absolute atomic E-state index is 0.201. The fourth-order valence-corrected chi connectivity index (χ4v) is 4.88. The van der Waals surface area contributed by atoms with E-state index in [1.165, 1.54) is 17.2 Å². The number of carbonyl (C=O) groups excluding carboxylic acids is 1. The Morgan fingerprint density at radius 3 is 2.54 bits per heavy atom. The molecular formula is C28H27ClN4OS. The van der Waals surface area contributed by atoms with Crippen LogP contribution in [0.4, 0.5) is 0 Å². The van der Waals surface area contributed by atoms with Gasteiger partial charge in [-0.3, -0.25) is 9.36 Å². The number of nitrogens with one attached hydrogen (secondary N) is 1. The molecule has 35 heavy (non-hydrogen) atoms. The summed E-state index contributed by atoms with van der Waals surface area (Å²) in [5, 5.41) is 13.4. The molecule has 1 N–H and O–H groups in total. The second-order valence-electron chi connectivity index (χ2n) is 8.30. The summed E-state index contributed by atoms with van der Waals surface area (Å²) in [6.45, 7) is 6.04. The Kier molecular flexibility index (Phi) is 8.06. The number of thioether (sulfide) groups is 1. The third-order valence-corrected chi connectivity index (χ3v) is 6.87.